The summed E-state index contributed by atoms with van der Waals surface area (Å²) in [5.74, 6) is -0.170. The van der Waals surface area contributed by atoms with E-state index in [1.54, 1.807) is 13.8 Å². The van der Waals surface area contributed by atoms with Crippen molar-refractivity contribution in [3.05, 3.63) is 12.2 Å². The van der Waals surface area contributed by atoms with Crippen molar-refractivity contribution >= 4 is 5.91 Å². The van der Waals surface area contributed by atoms with Gasteiger partial charge in [-0.05, 0) is 34.6 Å². The molecular formula is C10H19NO2. The molecule has 0 heterocycles. The molecule has 3 nitrogen and oxygen atoms in total. The fourth-order valence-electron chi connectivity index (χ4n) is 0.868. The van der Waals surface area contributed by atoms with Gasteiger partial charge in [-0.15, -0.1) is 0 Å². The number of hydrogen-bond donors (Lipinski definition) is 1. The van der Waals surface area contributed by atoms with Crippen molar-refractivity contribution in [2.24, 2.45) is 0 Å². The molecule has 0 saturated heterocycles. The van der Waals surface area contributed by atoms with Gasteiger partial charge in [0.1, 0.15) is 6.23 Å². The van der Waals surface area contributed by atoms with Gasteiger partial charge in [0.05, 0.1) is 5.60 Å². The highest BCUT2D eigenvalue weighted by Crippen LogP contribution is 2.09. The lowest BCUT2D eigenvalue weighted by Crippen LogP contribution is -2.39. The summed E-state index contributed by atoms with van der Waals surface area (Å²) in [6.45, 7) is 12.8. The molecule has 0 rings (SSSR count). The number of ether oxygens (including phenoxy) is 1. The van der Waals surface area contributed by atoms with Gasteiger partial charge in [0, 0.05) is 5.57 Å². The highest BCUT2D eigenvalue weighted by Gasteiger charge is 2.16. The smallest absolute Gasteiger partial charge is 0.248 e. The van der Waals surface area contributed by atoms with E-state index in [1.807, 2.05) is 20.8 Å². The Morgan fingerprint density at radius 3 is 2.23 bits per heavy atom. The number of carbonyl (C=O) groups is 1. The lowest BCUT2D eigenvalue weighted by molar-refractivity contribution is -0.126. The summed E-state index contributed by atoms with van der Waals surface area (Å²) in [5.41, 5.74) is 0.242. The second kappa shape index (κ2) is 4.42. The van der Waals surface area contributed by atoms with Crippen molar-refractivity contribution in [3.63, 3.8) is 0 Å². The zero-order valence-corrected chi connectivity index (χ0v) is 9.10. The Kier molecular flexibility index (Phi) is 4.14. The molecule has 76 valence electrons. The minimum Gasteiger partial charge on any atom is -0.353 e. The minimum atomic E-state index is -0.288. The van der Waals surface area contributed by atoms with E-state index in [0.717, 1.165) is 0 Å². The Hall–Kier alpha value is -0.830. The average Bonchev–Trinajstić information content (AvgIpc) is 1.81. The molecule has 0 aliphatic rings. The molecule has 13 heavy (non-hydrogen) atoms. The van der Waals surface area contributed by atoms with Crippen molar-refractivity contribution < 1.29 is 9.53 Å². The topological polar surface area (TPSA) is 38.3 Å². The Bertz CT molecular complexity index is 203. The zero-order valence-electron chi connectivity index (χ0n) is 9.10. The molecule has 0 bridgehead atoms. The van der Waals surface area contributed by atoms with Crippen LogP contribution in [0.25, 0.3) is 0 Å². The van der Waals surface area contributed by atoms with Gasteiger partial charge in [-0.3, -0.25) is 4.79 Å². The Labute approximate surface area is 80.2 Å². The molecule has 0 aromatic carbocycles. The van der Waals surface area contributed by atoms with E-state index in [9.17, 15) is 4.79 Å². The minimum absolute atomic E-state index is 0.170. The quantitative estimate of drug-likeness (QED) is 0.538. The number of hydrogen-bond acceptors (Lipinski definition) is 2. The summed E-state index contributed by atoms with van der Waals surface area (Å²) in [5, 5.41) is 2.68. The van der Waals surface area contributed by atoms with E-state index in [-0.39, 0.29) is 17.7 Å². The van der Waals surface area contributed by atoms with Crippen LogP contribution >= 0.6 is 0 Å². The predicted octanol–water partition coefficient (Wildman–Crippen LogP) is 1.84. The maximum absolute atomic E-state index is 11.1. The van der Waals surface area contributed by atoms with Crippen LogP contribution in [0, 0.1) is 0 Å². The summed E-state index contributed by atoms with van der Waals surface area (Å²) >= 11 is 0. The molecule has 0 fully saturated rings. The maximum Gasteiger partial charge on any atom is 0.248 e. The molecule has 1 atom stereocenters. The molecular weight excluding hydrogens is 166 g/mol. The Morgan fingerprint density at radius 1 is 1.46 bits per heavy atom. The van der Waals surface area contributed by atoms with Gasteiger partial charge < -0.3 is 10.1 Å². The van der Waals surface area contributed by atoms with Gasteiger partial charge in [-0.1, -0.05) is 6.58 Å². The molecule has 1 amide bonds. The number of amides is 1. The summed E-state index contributed by atoms with van der Waals surface area (Å²) in [7, 11) is 0. The summed E-state index contributed by atoms with van der Waals surface area (Å²) < 4.78 is 5.49. The van der Waals surface area contributed by atoms with Gasteiger partial charge >= 0.3 is 0 Å². The van der Waals surface area contributed by atoms with Gasteiger partial charge in [-0.25, -0.2) is 0 Å². The van der Waals surface area contributed by atoms with Crippen molar-refractivity contribution in [1.29, 1.82) is 0 Å². The van der Waals surface area contributed by atoms with E-state index < -0.39 is 0 Å². The van der Waals surface area contributed by atoms with Gasteiger partial charge in [-0.2, -0.15) is 0 Å². The third kappa shape index (κ3) is 6.34. The van der Waals surface area contributed by atoms with E-state index >= 15 is 0 Å². The Morgan fingerprint density at radius 2 is 1.92 bits per heavy atom. The van der Waals surface area contributed by atoms with E-state index in [0.29, 0.717) is 5.57 Å². The van der Waals surface area contributed by atoms with Gasteiger partial charge in [0.15, 0.2) is 0 Å². The monoisotopic (exact) mass is 185 g/mol. The Balaban J connectivity index is 3.95. The van der Waals surface area contributed by atoms with E-state index in [1.165, 1.54) is 0 Å². The molecule has 1 unspecified atom stereocenters. The molecule has 3 heteroatoms. The summed E-state index contributed by atoms with van der Waals surface area (Å²) in [6.07, 6.45) is -0.288. The molecule has 0 aromatic rings. The first-order chi connectivity index (χ1) is 5.72. The second-order valence-corrected chi connectivity index (χ2v) is 4.13. The zero-order chi connectivity index (χ0) is 10.6. The van der Waals surface area contributed by atoms with Crippen LogP contribution in [0.4, 0.5) is 0 Å². The number of rotatable bonds is 3. The molecule has 0 aromatic heterocycles. The third-order valence-corrected chi connectivity index (χ3v) is 1.25. The van der Waals surface area contributed by atoms with Crippen LogP contribution in [0.2, 0.25) is 0 Å². The van der Waals surface area contributed by atoms with Gasteiger partial charge in [0.25, 0.3) is 0 Å². The molecule has 0 aliphatic heterocycles. The van der Waals surface area contributed by atoms with Crippen LogP contribution in [-0.4, -0.2) is 17.7 Å². The first kappa shape index (κ1) is 12.2. The maximum atomic E-state index is 11.1. The molecule has 1 N–H and O–H groups in total. The van der Waals surface area contributed by atoms with Crippen LogP contribution in [0.5, 0.6) is 0 Å². The number of nitrogens with one attached hydrogen (secondary N) is 1. The highest BCUT2D eigenvalue weighted by molar-refractivity contribution is 5.92. The van der Waals surface area contributed by atoms with Crippen molar-refractivity contribution in [2.75, 3.05) is 0 Å². The predicted molar refractivity (Wildman–Crippen MR) is 53.3 cm³/mol. The summed E-state index contributed by atoms with van der Waals surface area (Å²) in [4.78, 5) is 11.1. The van der Waals surface area contributed by atoms with Crippen LogP contribution in [-0.2, 0) is 9.53 Å². The van der Waals surface area contributed by atoms with Crippen LogP contribution in [0.1, 0.15) is 34.6 Å². The van der Waals surface area contributed by atoms with Crippen molar-refractivity contribution in [2.45, 2.75) is 46.4 Å². The first-order valence-corrected chi connectivity index (χ1v) is 4.36. The number of carbonyl (C=O) groups excluding carboxylic acids is 1. The normalized spacial score (nSPS) is 13.6. The first-order valence-electron chi connectivity index (χ1n) is 4.36. The van der Waals surface area contributed by atoms with E-state index in [4.69, 9.17) is 4.74 Å². The SMILES string of the molecule is C=C(C)C(=O)NC(C)OC(C)(C)C. The fourth-order valence-corrected chi connectivity index (χ4v) is 0.868. The standard InChI is InChI=1S/C10H19NO2/c1-7(2)9(12)11-8(3)13-10(4,5)6/h8H,1H2,2-6H3,(H,11,12). The lowest BCUT2D eigenvalue weighted by atomic mass is 10.2. The van der Waals surface area contributed by atoms with Crippen LogP contribution < -0.4 is 5.32 Å². The fraction of sp³-hybridized carbons (Fsp3) is 0.700. The third-order valence-electron chi connectivity index (χ3n) is 1.25. The van der Waals surface area contributed by atoms with Gasteiger partial charge in [0.2, 0.25) is 5.91 Å². The van der Waals surface area contributed by atoms with Crippen molar-refractivity contribution in [1.82, 2.24) is 5.32 Å². The summed E-state index contributed by atoms with van der Waals surface area (Å²) in [6, 6.07) is 0. The average molecular weight is 185 g/mol. The van der Waals surface area contributed by atoms with Crippen LogP contribution in [0.3, 0.4) is 0 Å². The van der Waals surface area contributed by atoms with Crippen LogP contribution in [0.15, 0.2) is 12.2 Å². The highest BCUT2D eigenvalue weighted by atomic mass is 16.5. The van der Waals surface area contributed by atoms with Crippen molar-refractivity contribution in [3.8, 4) is 0 Å². The molecule has 0 radical (unpaired) electrons. The van der Waals surface area contributed by atoms with E-state index in [2.05, 4.69) is 11.9 Å². The second-order valence-electron chi connectivity index (χ2n) is 4.13. The molecule has 0 spiro atoms. The lowest BCUT2D eigenvalue weighted by Gasteiger charge is -2.25. The largest absolute Gasteiger partial charge is 0.353 e. The molecule has 0 aliphatic carbocycles. The molecule has 0 saturated carbocycles.